The van der Waals surface area contributed by atoms with Gasteiger partial charge in [0.25, 0.3) is 0 Å². The Morgan fingerprint density at radius 3 is 0.964 bits per heavy atom. The second-order valence-corrected chi connectivity index (χ2v) is 8.55. The molecule has 0 saturated carbocycles. The van der Waals surface area contributed by atoms with Gasteiger partial charge in [0.1, 0.15) is 5.79 Å². The molecule has 0 amide bonds. The van der Waals surface area contributed by atoms with Crippen molar-refractivity contribution >= 4 is 0 Å². The number of nitrogens with zero attached hydrogens (tertiary/aromatic N) is 3. The van der Waals surface area contributed by atoms with Crippen molar-refractivity contribution in [3.63, 3.8) is 0 Å². The normalized spacial score (nSPS) is 12.6. The van der Waals surface area contributed by atoms with Crippen LogP contribution in [0.4, 0.5) is 0 Å². The van der Waals surface area contributed by atoms with E-state index in [9.17, 15) is 0 Å². The van der Waals surface area contributed by atoms with Crippen molar-refractivity contribution in [3.8, 4) is 0 Å². The van der Waals surface area contributed by atoms with Crippen LogP contribution in [0.5, 0.6) is 0 Å². The molecule has 0 saturated heterocycles. The summed E-state index contributed by atoms with van der Waals surface area (Å²) in [5.74, 6) is 0.109. The second-order valence-electron chi connectivity index (χ2n) is 8.55. The highest BCUT2D eigenvalue weighted by Gasteiger charge is 2.44. The molecular weight excluding hydrogens is 342 g/mol. The average molecular weight is 398 g/mol. The Bertz CT molecular complexity index is 273. The van der Waals surface area contributed by atoms with Gasteiger partial charge in [-0.1, -0.05) is 67.7 Å². The summed E-state index contributed by atoms with van der Waals surface area (Å²) in [7, 11) is 0. The molecule has 0 heterocycles. The van der Waals surface area contributed by atoms with Gasteiger partial charge in [-0.2, -0.15) is 0 Å². The first-order chi connectivity index (χ1) is 13.6. The second kappa shape index (κ2) is 17.7. The summed E-state index contributed by atoms with van der Waals surface area (Å²) in [6.07, 6.45) is 14.2. The molecule has 0 aromatic carbocycles. The van der Waals surface area contributed by atoms with Gasteiger partial charge in [0, 0.05) is 39.3 Å². The van der Waals surface area contributed by atoms with Gasteiger partial charge < -0.3 is 0 Å². The zero-order valence-corrected chi connectivity index (χ0v) is 20.9. The van der Waals surface area contributed by atoms with E-state index in [0.29, 0.717) is 0 Å². The quantitative estimate of drug-likeness (QED) is 0.162. The van der Waals surface area contributed by atoms with Crippen LogP contribution in [0.1, 0.15) is 119 Å². The number of unbranched alkanes of at least 4 members (excludes halogenated alkanes) is 3. The minimum atomic E-state index is 0.109. The molecule has 170 valence electrons. The maximum atomic E-state index is 2.88. The fourth-order valence-electron chi connectivity index (χ4n) is 4.89. The third-order valence-electron chi connectivity index (χ3n) is 5.85. The average Bonchev–Trinajstić information content (AvgIpc) is 2.68. The summed E-state index contributed by atoms with van der Waals surface area (Å²) in [6, 6.07) is 0. The molecule has 0 N–H and O–H groups in total. The monoisotopic (exact) mass is 397 g/mol. The molecule has 3 heteroatoms. The number of hydrogen-bond acceptors (Lipinski definition) is 3. The first-order valence-corrected chi connectivity index (χ1v) is 12.9. The standard InChI is InChI=1S/C25H55N3/c1-8-15-16-17-18-25(26(19-9-2)20-10-3,27(21-11-4)22-12-5)28(23-13-6)24-14-7/h8-24H2,1-7H3. The van der Waals surface area contributed by atoms with Crippen LogP contribution in [-0.2, 0) is 0 Å². The highest BCUT2D eigenvalue weighted by atomic mass is 15.6. The number of rotatable bonds is 20. The lowest BCUT2D eigenvalue weighted by molar-refractivity contribution is -0.178. The van der Waals surface area contributed by atoms with Crippen molar-refractivity contribution < 1.29 is 0 Å². The van der Waals surface area contributed by atoms with Crippen LogP contribution in [0.15, 0.2) is 0 Å². The van der Waals surface area contributed by atoms with Gasteiger partial charge in [0.15, 0.2) is 0 Å². The maximum absolute atomic E-state index is 2.88. The summed E-state index contributed by atoms with van der Waals surface area (Å²) in [5, 5.41) is 0. The van der Waals surface area contributed by atoms with Gasteiger partial charge in [-0.25, -0.2) is 0 Å². The lowest BCUT2D eigenvalue weighted by Gasteiger charge is -2.57. The summed E-state index contributed by atoms with van der Waals surface area (Å²) in [5.41, 5.74) is 0. The van der Waals surface area contributed by atoms with Gasteiger partial charge in [0.05, 0.1) is 0 Å². The van der Waals surface area contributed by atoms with E-state index in [0.717, 1.165) is 0 Å². The molecule has 0 radical (unpaired) electrons. The summed E-state index contributed by atoms with van der Waals surface area (Å²) >= 11 is 0. The van der Waals surface area contributed by atoms with Crippen molar-refractivity contribution in [1.29, 1.82) is 0 Å². The van der Waals surface area contributed by atoms with Crippen molar-refractivity contribution in [3.05, 3.63) is 0 Å². The highest BCUT2D eigenvalue weighted by Crippen LogP contribution is 2.33. The van der Waals surface area contributed by atoms with Crippen molar-refractivity contribution in [2.45, 2.75) is 125 Å². The minimum absolute atomic E-state index is 0.109. The SMILES string of the molecule is CCCCCCC(N(CCC)CCC)(N(CCC)CCC)N(CCC)CCC. The molecule has 0 aliphatic rings. The van der Waals surface area contributed by atoms with Crippen LogP contribution in [-0.4, -0.2) is 59.8 Å². The molecule has 0 aromatic rings. The lowest BCUT2D eigenvalue weighted by atomic mass is 10.00. The van der Waals surface area contributed by atoms with Crippen LogP contribution in [0.3, 0.4) is 0 Å². The van der Waals surface area contributed by atoms with E-state index in [4.69, 9.17) is 0 Å². The predicted octanol–water partition coefficient (Wildman–Crippen LogP) is 6.98. The van der Waals surface area contributed by atoms with Crippen molar-refractivity contribution in [2.75, 3.05) is 39.3 Å². The van der Waals surface area contributed by atoms with Crippen LogP contribution in [0.2, 0.25) is 0 Å². The molecule has 0 atom stereocenters. The molecule has 3 nitrogen and oxygen atoms in total. The van der Waals surface area contributed by atoms with E-state index in [2.05, 4.69) is 63.2 Å². The van der Waals surface area contributed by atoms with Gasteiger partial charge in [-0.3, -0.25) is 14.7 Å². The van der Waals surface area contributed by atoms with Crippen molar-refractivity contribution in [1.82, 2.24) is 14.7 Å². The highest BCUT2D eigenvalue weighted by molar-refractivity contribution is 4.91. The fraction of sp³-hybridized carbons (Fsp3) is 1.00. The summed E-state index contributed by atoms with van der Waals surface area (Å²) in [4.78, 5) is 8.65. The van der Waals surface area contributed by atoms with Gasteiger partial charge in [-0.05, 0) is 51.4 Å². The Balaban J connectivity index is 6.20. The minimum Gasteiger partial charge on any atom is -0.273 e. The zero-order chi connectivity index (χ0) is 21.3. The van der Waals surface area contributed by atoms with E-state index in [1.807, 2.05) is 0 Å². The molecule has 0 aliphatic heterocycles. The molecule has 0 unspecified atom stereocenters. The molecule has 0 spiro atoms. The molecule has 28 heavy (non-hydrogen) atoms. The topological polar surface area (TPSA) is 9.72 Å². The van der Waals surface area contributed by atoms with E-state index in [1.165, 1.54) is 110 Å². The molecular formula is C25H55N3. The van der Waals surface area contributed by atoms with E-state index in [1.54, 1.807) is 0 Å². The van der Waals surface area contributed by atoms with Crippen LogP contribution in [0.25, 0.3) is 0 Å². The van der Waals surface area contributed by atoms with Crippen LogP contribution >= 0.6 is 0 Å². The maximum Gasteiger partial charge on any atom is 0.131 e. The Kier molecular flexibility index (Phi) is 17.6. The van der Waals surface area contributed by atoms with E-state index in [-0.39, 0.29) is 5.79 Å². The van der Waals surface area contributed by atoms with E-state index >= 15 is 0 Å². The Morgan fingerprint density at radius 1 is 0.393 bits per heavy atom. The largest absolute Gasteiger partial charge is 0.273 e. The lowest BCUT2D eigenvalue weighted by Crippen LogP contribution is -2.70. The van der Waals surface area contributed by atoms with E-state index < -0.39 is 0 Å². The third kappa shape index (κ3) is 8.71. The van der Waals surface area contributed by atoms with Crippen molar-refractivity contribution in [2.24, 2.45) is 0 Å². The van der Waals surface area contributed by atoms with Crippen LogP contribution < -0.4 is 0 Å². The fourth-order valence-corrected chi connectivity index (χ4v) is 4.89. The first kappa shape index (κ1) is 27.9. The third-order valence-corrected chi connectivity index (χ3v) is 5.85. The van der Waals surface area contributed by atoms with Crippen LogP contribution in [0, 0.1) is 0 Å². The van der Waals surface area contributed by atoms with Gasteiger partial charge in [0.2, 0.25) is 0 Å². The smallest absolute Gasteiger partial charge is 0.131 e. The Labute approximate surface area is 179 Å². The molecule has 0 fully saturated rings. The Hall–Kier alpha value is -0.120. The van der Waals surface area contributed by atoms with Gasteiger partial charge in [-0.15, -0.1) is 0 Å². The van der Waals surface area contributed by atoms with Gasteiger partial charge >= 0.3 is 0 Å². The molecule has 0 aromatic heterocycles. The number of hydrogen-bond donors (Lipinski definition) is 0. The predicted molar refractivity (Wildman–Crippen MR) is 128 cm³/mol. The summed E-state index contributed by atoms with van der Waals surface area (Å²) < 4.78 is 0. The molecule has 0 aliphatic carbocycles. The summed E-state index contributed by atoms with van der Waals surface area (Å²) in [6.45, 7) is 23.8. The Morgan fingerprint density at radius 2 is 0.714 bits per heavy atom. The zero-order valence-electron chi connectivity index (χ0n) is 20.9. The first-order valence-electron chi connectivity index (χ1n) is 12.9. The molecule has 0 rings (SSSR count). The molecule has 0 bridgehead atoms.